The molecule has 0 bridgehead atoms. The van der Waals surface area contributed by atoms with Crippen molar-refractivity contribution >= 4 is 17.5 Å². The Labute approximate surface area is 142 Å². The maximum Gasteiger partial charge on any atom is 0.266 e. The Morgan fingerprint density at radius 2 is 2.17 bits per heavy atom. The highest BCUT2D eigenvalue weighted by molar-refractivity contribution is 6.30. The van der Waals surface area contributed by atoms with E-state index >= 15 is 0 Å². The van der Waals surface area contributed by atoms with Gasteiger partial charge in [0.15, 0.2) is 0 Å². The van der Waals surface area contributed by atoms with Crippen LogP contribution in [0.25, 0.3) is 0 Å². The van der Waals surface area contributed by atoms with Crippen LogP contribution in [-0.4, -0.2) is 30.6 Å². The number of halogens is 1. The van der Waals surface area contributed by atoms with Crippen molar-refractivity contribution in [2.24, 2.45) is 5.92 Å². The number of nitrogens with one attached hydrogen (secondary N) is 2. The molecule has 1 aromatic rings. The van der Waals surface area contributed by atoms with Gasteiger partial charge < -0.3 is 15.0 Å². The van der Waals surface area contributed by atoms with Crippen LogP contribution in [0.3, 0.4) is 0 Å². The molecule has 1 aromatic heterocycles. The number of ether oxygens (including phenoxy) is 1. The van der Waals surface area contributed by atoms with Crippen molar-refractivity contribution in [2.45, 2.75) is 46.0 Å². The number of H-pyrrole nitrogens is 1. The molecule has 0 saturated carbocycles. The van der Waals surface area contributed by atoms with Crippen molar-refractivity contribution in [3.05, 3.63) is 33.2 Å². The van der Waals surface area contributed by atoms with Crippen molar-refractivity contribution in [1.82, 2.24) is 10.3 Å². The van der Waals surface area contributed by atoms with E-state index in [9.17, 15) is 9.59 Å². The molecule has 0 aromatic carbocycles. The third-order valence-electron chi connectivity index (χ3n) is 3.77. The number of unbranched alkanes of at least 4 members (excludes halogenated alkanes) is 1. The maximum atomic E-state index is 11.9. The molecule has 23 heavy (non-hydrogen) atoms. The van der Waals surface area contributed by atoms with Gasteiger partial charge >= 0.3 is 0 Å². The van der Waals surface area contributed by atoms with E-state index in [4.69, 9.17) is 16.3 Å². The van der Waals surface area contributed by atoms with Gasteiger partial charge in [0.1, 0.15) is 5.02 Å². The lowest BCUT2D eigenvalue weighted by Crippen LogP contribution is -2.26. The van der Waals surface area contributed by atoms with Gasteiger partial charge in [-0.25, -0.2) is 0 Å². The normalized spacial score (nSPS) is 12.1. The zero-order valence-electron chi connectivity index (χ0n) is 14.0. The third-order valence-corrected chi connectivity index (χ3v) is 4.05. The Balaban J connectivity index is 2.18. The lowest BCUT2D eigenvalue weighted by molar-refractivity contribution is 0.0875. The third kappa shape index (κ3) is 7.66. The van der Waals surface area contributed by atoms with Crippen LogP contribution in [0.1, 0.15) is 56.3 Å². The quantitative estimate of drug-likeness (QED) is 0.605. The Morgan fingerprint density at radius 3 is 2.83 bits per heavy atom. The largest absolute Gasteiger partial charge is 0.381 e. The standard InChI is InChI=1S/C17H27ClN2O3/c1-3-5-7-13(4-2)12-23-9-6-8-19-16(21)14-10-15(18)17(22)20-11-14/h10-11,13H,3-9,12H2,1-2H3,(H,19,21)(H,20,22). The summed E-state index contributed by atoms with van der Waals surface area (Å²) in [5.41, 5.74) is -0.0497. The molecule has 0 saturated heterocycles. The van der Waals surface area contributed by atoms with E-state index in [1.165, 1.54) is 31.5 Å². The molecule has 0 spiro atoms. The molecule has 1 atom stereocenters. The summed E-state index contributed by atoms with van der Waals surface area (Å²) in [6.07, 6.45) is 6.95. The molecular weight excluding hydrogens is 316 g/mol. The van der Waals surface area contributed by atoms with Gasteiger partial charge in [-0.15, -0.1) is 0 Å². The minimum Gasteiger partial charge on any atom is -0.381 e. The second kappa shape index (κ2) is 11.2. The first-order valence-electron chi connectivity index (χ1n) is 8.32. The van der Waals surface area contributed by atoms with E-state index in [-0.39, 0.29) is 10.9 Å². The number of rotatable bonds is 11. The summed E-state index contributed by atoms with van der Waals surface area (Å²) in [4.78, 5) is 25.4. The smallest absolute Gasteiger partial charge is 0.266 e. The van der Waals surface area contributed by atoms with Crippen LogP contribution in [0.15, 0.2) is 17.1 Å². The summed E-state index contributed by atoms with van der Waals surface area (Å²) in [5.74, 6) is 0.380. The molecule has 130 valence electrons. The fourth-order valence-electron chi connectivity index (χ4n) is 2.21. The van der Waals surface area contributed by atoms with Gasteiger partial charge in [-0.3, -0.25) is 9.59 Å². The maximum absolute atomic E-state index is 11.9. The summed E-state index contributed by atoms with van der Waals surface area (Å²) < 4.78 is 5.69. The molecule has 5 nitrogen and oxygen atoms in total. The van der Waals surface area contributed by atoms with Crippen molar-refractivity contribution < 1.29 is 9.53 Å². The minimum atomic E-state index is -0.398. The first-order chi connectivity index (χ1) is 11.1. The fraction of sp³-hybridized carbons (Fsp3) is 0.647. The van der Waals surface area contributed by atoms with Crippen molar-refractivity contribution in [1.29, 1.82) is 0 Å². The van der Waals surface area contributed by atoms with Gasteiger partial charge in [0.2, 0.25) is 0 Å². The molecule has 1 unspecified atom stereocenters. The molecule has 0 fully saturated rings. The second-order valence-corrected chi connectivity index (χ2v) is 6.07. The summed E-state index contributed by atoms with van der Waals surface area (Å²) in [6, 6.07) is 1.37. The van der Waals surface area contributed by atoms with Gasteiger partial charge in [0, 0.05) is 26.0 Å². The highest BCUT2D eigenvalue weighted by atomic mass is 35.5. The van der Waals surface area contributed by atoms with Crippen LogP contribution in [-0.2, 0) is 4.74 Å². The van der Waals surface area contributed by atoms with Gasteiger partial charge in [-0.05, 0) is 24.8 Å². The Bertz CT molecular complexity index is 531. The first-order valence-corrected chi connectivity index (χ1v) is 8.70. The summed E-state index contributed by atoms with van der Waals surface area (Å²) >= 11 is 5.70. The van der Waals surface area contributed by atoms with Crippen LogP contribution in [0, 0.1) is 5.92 Å². The number of aromatic amines is 1. The Morgan fingerprint density at radius 1 is 1.39 bits per heavy atom. The predicted octanol–water partition coefficient (Wildman–Crippen LogP) is 3.38. The zero-order valence-corrected chi connectivity index (χ0v) is 14.7. The lowest BCUT2D eigenvalue weighted by atomic mass is 10.0. The summed E-state index contributed by atoms with van der Waals surface area (Å²) in [5, 5.41) is 2.80. The highest BCUT2D eigenvalue weighted by Crippen LogP contribution is 2.12. The predicted molar refractivity (Wildman–Crippen MR) is 93.1 cm³/mol. The van der Waals surface area contributed by atoms with E-state index < -0.39 is 5.56 Å². The van der Waals surface area contributed by atoms with Crippen LogP contribution in [0.5, 0.6) is 0 Å². The molecule has 1 rings (SSSR count). The molecule has 1 heterocycles. The topological polar surface area (TPSA) is 71.2 Å². The molecule has 0 aliphatic rings. The van der Waals surface area contributed by atoms with Crippen molar-refractivity contribution in [3.63, 3.8) is 0 Å². The second-order valence-electron chi connectivity index (χ2n) is 5.67. The average Bonchev–Trinajstić information content (AvgIpc) is 2.55. The molecule has 0 aliphatic heterocycles. The fourth-order valence-corrected chi connectivity index (χ4v) is 2.39. The average molecular weight is 343 g/mol. The van der Waals surface area contributed by atoms with E-state index in [1.807, 2.05) is 0 Å². The molecule has 2 N–H and O–H groups in total. The van der Waals surface area contributed by atoms with Gasteiger partial charge in [0.25, 0.3) is 11.5 Å². The molecule has 0 radical (unpaired) electrons. The number of amides is 1. The van der Waals surface area contributed by atoms with Crippen LogP contribution < -0.4 is 10.9 Å². The lowest BCUT2D eigenvalue weighted by Gasteiger charge is -2.14. The first kappa shape index (κ1) is 19.7. The molecule has 1 amide bonds. The Hall–Kier alpha value is -1.33. The van der Waals surface area contributed by atoms with Crippen LogP contribution in [0.4, 0.5) is 0 Å². The minimum absolute atomic E-state index is 0.0127. The Kier molecular flexibility index (Phi) is 9.64. The van der Waals surface area contributed by atoms with E-state index in [0.29, 0.717) is 24.6 Å². The molecule has 0 aliphatic carbocycles. The van der Waals surface area contributed by atoms with E-state index in [2.05, 4.69) is 24.1 Å². The number of pyridine rings is 1. The van der Waals surface area contributed by atoms with E-state index in [0.717, 1.165) is 19.4 Å². The summed E-state index contributed by atoms with van der Waals surface area (Å²) in [7, 11) is 0. The number of carbonyl (C=O) groups is 1. The molecular formula is C17H27ClN2O3. The van der Waals surface area contributed by atoms with E-state index in [1.54, 1.807) is 0 Å². The van der Waals surface area contributed by atoms with Crippen molar-refractivity contribution in [3.8, 4) is 0 Å². The number of hydrogen-bond donors (Lipinski definition) is 2. The van der Waals surface area contributed by atoms with Gasteiger partial charge in [0.05, 0.1) is 5.56 Å². The van der Waals surface area contributed by atoms with Gasteiger partial charge in [-0.2, -0.15) is 0 Å². The SMILES string of the molecule is CCCCC(CC)COCCCNC(=O)c1c[nH]c(=O)c(Cl)c1. The van der Waals surface area contributed by atoms with Crippen LogP contribution >= 0.6 is 11.6 Å². The van der Waals surface area contributed by atoms with Crippen LogP contribution in [0.2, 0.25) is 5.02 Å². The molecule has 6 heteroatoms. The number of aromatic nitrogens is 1. The number of hydrogen-bond acceptors (Lipinski definition) is 3. The highest BCUT2D eigenvalue weighted by Gasteiger charge is 2.08. The van der Waals surface area contributed by atoms with Crippen molar-refractivity contribution in [2.75, 3.05) is 19.8 Å². The zero-order chi connectivity index (χ0) is 17.1. The monoisotopic (exact) mass is 342 g/mol. The number of carbonyl (C=O) groups excluding carboxylic acids is 1. The summed E-state index contributed by atoms with van der Waals surface area (Å²) in [6.45, 7) is 6.35. The van der Waals surface area contributed by atoms with Gasteiger partial charge in [-0.1, -0.05) is 44.7 Å².